The first kappa shape index (κ1) is 15.7. The van der Waals surface area contributed by atoms with Crippen LogP contribution in [-0.2, 0) is 0 Å². The van der Waals surface area contributed by atoms with Gasteiger partial charge in [0.05, 0.1) is 11.4 Å². The summed E-state index contributed by atoms with van der Waals surface area (Å²) in [5.74, 6) is 1.01. The molecule has 1 aromatic heterocycles. The fourth-order valence-corrected chi connectivity index (χ4v) is 2.03. The van der Waals surface area contributed by atoms with Gasteiger partial charge in [0.2, 0.25) is 0 Å². The molecule has 0 aliphatic carbocycles. The van der Waals surface area contributed by atoms with E-state index in [9.17, 15) is 0 Å². The molecule has 1 heterocycles. The van der Waals surface area contributed by atoms with Gasteiger partial charge in [-0.15, -0.1) is 6.58 Å². The summed E-state index contributed by atoms with van der Waals surface area (Å²) in [5, 5.41) is 0.506. The van der Waals surface area contributed by atoms with E-state index in [0.29, 0.717) is 5.15 Å². The highest BCUT2D eigenvalue weighted by atomic mass is 35.5. The molecule has 0 atom stereocenters. The Kier molecular flexibility index (Phi) is 6.57. The van der Waals surface area contributed by atoms with Crippen LogP contribution in [0, 0.1) is 6.92 Å². The summed E-state index contributed by atoms with van der Waals surface area (Å²) < 4.78 is 0. The van der Waals surface area contributed by atoms with Crippen LogP contribution in [0.4, 0.5) is 5.69 Å². The lowest BCUT2D eigenvalue weighted by molar-refractivity contribution is 0.422. The SMILES string of the molecule is C=CCCN(CCC)C(C)=Nc1ccc(Cl)nc1C. The molecule has 0 spiro atoms. The summed E-state index contributed by atoms with van der Waals surface area (Å²) in [7, 11) is 0. The molecular weight excluding hydrogens is 258 g/mol. The van der Waals surface area contributed by atoms with Crippen molar-refractivity contribution in [3.63, 3.8) is 0 Å². The highest BCUT2D eigenvalue weighted by molar-refractivity contribution is 6.29. The maximum Gasteiger partial charge on any atom is 0.129 e. The fourth-order valence-electron chi connectivity index (χ4n) is 1.84. The second-order valence-corrected chi connectivity index (χ2v) is 4.85. The van der Waals surface area contributed by atoms with Crippen LogP contribution in [-0.4, -0.2) is 28.8 Å². The van der Waals surface area contributed by atoms with Gasteiger partial charge in [-0.3, -0.25) is 0 Å². The molecule has 0 aliphatic rings. The summed E-state index contributed by atoms with van der Waals surface area (Å²) in [6.07, 6.45) is 4.00. The number of hydrogen-bond donors (Lipinski definition) is 0. The minimum atomic E-state index is 0.506. The highest BCUT2D eigenvalue weighted by Crippen LogP contribution is 2.19. The van der Waals surface area contributed by atoms with Gasteiger partial charge in [0.1, 0.15) is 11.0 Å². The molecule has 3 nitrogen and oxygen atoms in total. The molecule has 1 rings (SSSR count). The third kappa shape index (κ3) is 5.03. The topological polar surface area (TPSA) is 28.5 Å². The molecule has 0 fully saturated rings. The molecular formula is C15H22ClN3. The highest BCUT2D eigenvalue weighted by Gasteiger charge is 2.06. The van der Waals surface area contributed by atoms with Crippen LogP contribution in [0.3, 0.4) is 0 Å². The fraction of sp³-hybridized carbons (Fsp3) is 0.467. The quantitative estimate of drug-likeness (QED) is 0.335. The molecule has 0 saturated heterocycles. The Morgan fingerprint density at radius 3 is 2.79 bits per heavy atom. The molecule has 0 N–H and O–H groups in total. The lowest BCUT2D eigenvalue weighted by atomic mass is 10.3. The van der Waals surface area contributed by atoms with Crippen molar-refractivity contribution >= 4 is 23.1 Å². The smallest absolute Gasteiger partial charge is 0.129 e. The van der Waals surface area contributed by atoms with Crippen LogP contribution in [0.2, 0.25) is 5.15 Å². The normalized spacial score (nSPS) is 11.5. The molecule has 0 aliphatic heterocycles. The van der Waals surface area contributed by atoms with Gasteiger partial charge in [-0.05, 0) is 38.8 Å². The van der Waals surface area contributed by atoms with Crippen molar-refractivity contribution in [3.05, 3.63) is 35.6 Å². The summed E-state index contributed by atoms with van der Waals surface area (Å²) in [4.78, 5) is 11.1. The standard InChI is InChI=1S/C15H22ClN3/c1-5-7-11-19(10-6-2)13(4)18-14-8-9-15(16)17-12(14)3/h5,8-9H,1,6-7,10-11H2,2-4H3. The van der Waals surface area contributed by atoms with Crippen molar-refractivity contribution in [2.75, 3.05) is 13.1 Å². The van der Waals surface area contributed by atoms with E-state index in [1.54, 1.807) is 6.07 Å². The van der Waals surface area contributed by atoms with E-state index in [1.165, 1.54) is 0 Å². The van der Waals surface area contributed by atoms with Gasteiger partial charge in [-0.1, -0.05) is 24.6 Å². The molecule has 0 radical (unpaired) electrons. The van der Waals surface area contributed by atoms with Crippen LogP contribution in [0.5, 0.6) is 0 Å². The van der Waals surface area contributed by atoms with Gasteiger partial charge in [0.25, 0.3) is 0 Å². The van der Waals surface area contributed by atoms with E-state index in [4.69, 9.17) is 11.6 Å². The van der Waals surface area contributed by atoms with Crippen molar-refractivity contribution in [3.8, 4) is 0 Å². The monoisotopic (exact) mass is 279 g/mol. The van der Waals surface area contributed by atoms with Crippen LogP contribution < -0.4 is 0 Å². The van der Waals surface area contributed by atoms with Crippen molar-refractivity contribution in [1.29, 1.82) is 0 Å². The average molecular weight is 280 g/mol. The predicted octanol–water partition coefficient (Wildman–Crippen LogP) is 4.38. The van der Waals surface area contributed by atoms with E-state index in [1.807, 2.05) is 26.0 Å². The predicted molar refractivity (Wildman–Crippen MR) is 83.4 cm³/mol. The number of rotatable bonds is 6. The van der Waals surface area contributed by atoms with Crippen molar-refractivity contribution in [2.24, 2.45) is 4.99 Å². The first-order chi connectivity index (χ1) is 9.08. The van der Waals surface area contributed by atoms with Crippen molar-refractivity contribution in [1.82, 2.24) is 9.88 Å². The summed E-state index contributed by atoms with van der Waals surface area (Å²) >= 11 is 5.85. The van der Waals surface area contributed by atoms with Crippen LogP contribution in [0.15, 0.2) is 29.8 Å². The molecule has 104 valence electrons. The van der Waals surface area contributed by atoms with Crippen LogP contribution >= 0.6 is 11.6 Å². The summed E-state index contributed by atoms with van der Waals surface area (Å²) in [6.45, 7) is 11.9. The number of nitrogens with zero attached hydrogens (tertiary/aromatic N) is 3. The van der Waals surface area contributed by atoms with Crippen molar-refractivity contribution in [2.45, 2.75) is 33.6 Å². The van der Waals surface area contributed by atoms with E-state index >= 15 is 0 Å². The first-order valence-corrected chi connectivity index (χ1v) is 7.00. The Hall–Kier alpha value is -1.35. The number of pyridine rings is 1. The zero-order valence-corrected chi connectivity index (χ0v) is 12.7. The van der Waals surface area contributed by atoms with Crippen LogP contribution in [0.25, 0.3) is 0 Å². The Morgan fingerprint density at radius 1 is 1.47 bits per heavy atom. The van der Waals surface area contributed by atoms with E-state index in [0.717, 1.165) is 43.1 Å². The minimum absolute atomic E-state index is 0.506. The lowest BCUT2D eigenvalue weighted by Crippen LogP contribution is -2.30. The number of halogens is 1. The molecule has 4 heteroatoms. The first-order valence-electron chi connectivity index (χ1n) is 6.62. The largest absolute Gasteiger partial charge is 0.360 e. The molecule has 0 amide bonds. The molecule has 0 aromatic carbocycles. The van der Waals surface area contributed by atoms with Crippen molar-refractivity contribution < 1.29 is 0 Å². The molecule has 0 saturated carbocycles. The Bertz CT molecular complexity index is 455. The summed E-state index contributed by atoms with van der Waals surface area (Å²) in [5.41, 5.74) is 1.73. The second-order valence-electron chi connectivity index (χ2n) is 4.46. The number of aliphatic imine (C=N–C) groups is 1. The molecule has 0 unspecified atom stereocenters. The van der Waals surface area contributed by atoms with E-state index < -0.39 is 0 Å². The van der Waals surface area contributed by atoms with E-state index in [-0.39, 0.29) is 0 Å². The Labute approximate surface area is 121 Å². The number of amidine groups is 1. The maximum atomic E-state index is 5.85. The zero-order chi connectivity index (χ0) is 14.3. The minimum Gasteiger partial charge on any atom is -0.360 e. The maximum absolute atomic E-state index is 5.85. The van der Waals surface area contributed by atoms with Crippen LogP contribution in [0.1, 0.15) is 32.4 Å². The third-order valence-corrected chi connectivity index (χ3v) is 3.07. The molecule has 0 bridgehead atoms. The number of aromatic nitrogens is 1. The van der Waals surface area contributed by atoms with Gasteiger partial charge >= 0.3 is 0 Å². The third-order valence-electron chi connectivity index (χ3n) is 2.86. The average Bonchev–Trinajstić information content (AvgIpc) is 2.37. The Morgan fingerprint density at radius 2 is 2.21 bits per heavy atom. The Balaban J connectivity index is 2.89. The molecule has 1 aromatic rings. The number of aryl methyl sites for hydroxylation is 1. The van der Waals surface area contributed by atoms with Gasteiger partial charge in [-0.25, -0.2) is 9.98 Å². The van der Waals surface area contributed by atoms with Gasteiger partial charge in [-0.2, -0.15) is 0 Å². The second kappa shape index (κ2) is 7.95. The summed E-state index contributed by atoms with van der Waals surface area (Å²) in [6, 6.07) is 3.68. The zero-order valence-electron chi connectivity index (χ0n) is 12.0. The van der Waals surface area contributed by atoms with E-state index in [2.05, 4.69) is 28.4 Å². The van der Waals surface area contributed by atoms with Gasteiger partial charge < -0.3 is 4.90 Å². The molecule has 19 heavy (non-hydrogen) atoms. The van der Waals surface area contributed by atoms with Gasteiger partial charge in [0, 0.05) is 13.1 Å². The number of hydrogen-bond acceptors (Lipinski definition) is 2. The van der Waals surface area contributed by atoms with Gasteiger partial charge in [0.15, 0.2) is 0 Å². The lowest BCUT2D eigenvalue weighted by Gasteiger charge is -2.23.